The first kappa shape index (κ1) is 58.5. The molecule has 0 spiro atoms. The van der Waals surface area contributed by atoms with E-state index in [2.05, 4.69) is 47.9 Å². The fraction of sp³-hybridized carbons (Fsp3) is 0.700. The van der Waals surface area contributed by atoms with Crippen molar-refractivity contribution in [1.29, 1.82) is 0 Å². The van der Waals surface area contributed by atoms with Gasteiger partial charge in [0.05, 0.1) is 32.4 Å². The monoisotopic (exact) mass is 957 g/mol. The SMILES string of the molecule is CC[C@H](C)[C@@H]1NC(=O)[C@H](C(C)C)NC(=O)[C@H](CCCCN)NC(=O)[C@H](CC(=O)O)NC(=O)CNC(=O)[C@H](CO)NC(=O)[C@H](CCCCN)NC(=O)[C@H](CC(=O)O)NC(=O)[C@H](CC(=O)O)NC1=O. The Morgan fingerprint density at radius 2 is 0.866 bits per heavy atom. The predicted molar refractivity (Wildman–Crippen MR) is 232 cm³/mol. The number of hydrogen-bond acceptors (Lipinski definition) is 15. The van der Waals surface area contributed by atoms with Crippen molar-refractivity contribution < 1.29 is 78.0 Å². The molecule has 1 rings (SSSR count). The van der Waals surface area contributed by atoms with Gasteiger partial charge < -0.3 is 79.7 Å². The van der Waals surface area contributed by atoms with Gasteiger partial charge in [0, 0.05) is 0 Å². The molecule has 378 valence electrons. The molecule has 0 aliphatic carbocycles. The van der Waals surface area contributed by atoms with Gasteiger partial charge in [0.15, 0.2) is 0 Å². The van der Waals surface area contributed by atoms with Crippen LogP contribution < -0.4 is 59.3 Å². The van der Waals surface area contributed by atoms with Crippen molar-refractivity contribution in [3.05, 3.63) is 0 Å². The molecule has 0 aromatic carbocycles. The minimum atomic E-state index is -2.01. The lowest BCUT2D eigenvalue weighted by molar-refractivity contribution is -0.144. The van der Waals surface area contributed by atoms with Crippen LogP contribution >= 0.6 is 0 Å². The lowest BCUT2D eigenvalue weighted by atomic mass is 9.95. The molecule has 9 atom stereocenters. The van der Waals surface area contributed by atoms with Crippen LogP contribution in [-0.2, 0) is 57.5 Å². The fourth-order valence-electron chi connectivity index (χ4n) is 6.49. The van der Waals surface area contributed by atoms with Crippen LogP contribution in [0.3, 0.4) is 0 Å². The summed E-state index contributed by atoms with van der Waals surface area (Å²) in [7, 11) is 0. The van der Waals surface area contributed by atoms with E-state index in [0.29, 0.717) is 12.8 Å². The number of nitrogens with one attached hydrogen (secondary N) is 9. The summed E-state index contributed by atoms with van der Waals surface area (Å²) in [5.74, 6) is -16.4. The van der Waals surface area contributed by atoms with Crippen LogP contribution in [0.5, 0.6) is 0 Å². The Hall–Kier alpha value is -6.48. The summed E-state index contributed by atoms with van der Waals surface area (Å²) in [6.07, 6.45) is -2.20. The first-order chi connectivity index (χ1) is 31.5. The third kappa shape index (κ3) is 21.1. The van der Waals surface area contributed by atoms with Crippen LogP contribution in [0.15, 0.2) is 0 Å². The van der Waals surface area contributed by atoms with Gasteiger partial charge in [-0.05, 0) is 63.5 Å². The van der Waals surface area contributed by atoms with E-state index in [9.17, 15) is 78.0 Å². The number of aliphatic hydroxyl groups is 1. The molecule has 1 fully saturated rings. The smallest absolute Gasteiger partial charge is 0.305 e. The second-order valence-corrected chi connectivity index (χ2v) is 16.3. The standard InChI is InChI=1S/C40H67N11O16/c1-5-20(4)32-40(67)48-25(16-30(58)59)38(65)47-24(15-29(56)57)37(64)45-21(10-6-8-12-41)34(61)49-26(18-52)33(60)43-17-27(53)44-23(14-28(54)55)36(63)46-22(11-7-9-13-42)35(62)50-31(19(2)3)39(66)51-32/h19-26,31-32,52H,5-18,41-42H2,1-4H3,(H,43,60)(H,44,53)(H,45,64)(H,46,63)(H,47,65)(H,48,67)(H,49,61)(H,50,62)(H,51,66)(H,54,55)(H,56,57)(H,58,59)/t20-,21-,22-,23-,24-,25-,26-,31-,32-/m0/s1. The zero-order valence-corrected chi connectivity index (χ0v) is 38.0. The van der Waals surface area contributed by atoms with Crippen LogP contribution in [0.4, 0.5) is 0 Å². The lowest BCUT2D eigenvalue weighted by Crippen LogP contribution is -2.62. The molecule has 27 nitrogen and oxygen atoms in total. The number of amides is 9. The summed E-state index contributed by atoms with van der Waals surface area (Å²) >= 11 is 0. The minimum Gasteiger partial charge on any atom is -0.481 e. The van der Waals surface area contributed by atoms with Gasteiger partial charge in [-0.1, -0.05) is 34.1 Å². The first-order valence-corrected chi connectivity index (χ1v) is 21.9. The number of carbonyl (C=O) groups excluding carboxylic acids is 9. The Bertz CT molecular complexity index is 1780. The number of carbonyl (C=O) groups is 12. The van der Waals surface area contributed by atoms with Gasteiger partial charge in [0.1, 0.15) is 48.3 Å². The van der Waals surface area contributed by atoms with Gasteiger partial charge in [0.25, 0.3) is 0 Å². The summed E-state index contributed by atoms with van der Waals surface area (Å²) in [5, 5.41) is 59.4. The molecule has 0 aromatic rings. The molecule has 0 radical (unpaired) electrons. The van der Waals surface area contributed by atoms with Crippen LogP contribution in [-0.4, -0.2) is 166 Å². The molecule has 0 bridgehead atoms. The van der Waals surface area contributed by atoms with Crippen molar-refractivity contribution in [3.8, 4) is 0 Å². The number of unbranched alkanes of at least 4 members (excludes halogenated alkanes) is 2. The zero-order chi connectivity index (χ0) is 51.0. The number of carboxylic acids is 3. The Kier molecular flexibility index (Phi) is 26.2. The maximum absolute atomic E-state index is 13.9. The van der Waals surface area contributed by atoms with Crippen molar-refractivity contribution in [2.24, 2.45) is 23.3 Å². The van der Waals surface area contributed by atoms with Gasteiger partial charge in [0.2, 0.25) is 53.2 Å². The van der Waals surface area contributed by atoms with E-state index in [4.69, 9.17) is 11.5 Å². The highest BCUT2D eigenvalue weighted by atomic mass is 16.4. The van der Waals surface area contributed by atoms with Crippen molar-refractivity contribution in [2.75, 3.05) is 26.2 Å². The van der Waals surface area contributed by atoms with Gasteiger partial charge in [-0.2, -0.15) is 0 Å². The summed E-state index contributed by atoms with van der Waals surface area (Å²) in [6.45, 7) is 4.57. The van der Waals surface area contributed by atoms with Gasteiger partial charge in [-0.3, -0.25) is 57.5 Å². The quantitative estimate of drug-likeness (QED) is 0.0570. The minimum absolute atomic E-state index is 0.0908. The average Bonchev–Trinajstić information content (AvgIpc) is 3.25. The molecular weight excluding hydrogens is 891 g/mol. The molecule has 17 N–H and O–H groups in total. The Morgan fingerprint density at radius 1 is 0.507 bits per heavy atom. The normalized spacial score (nSPS) is 25.3. The van der Waals surface area contributed by atoms with Crippen molar-refractivity contribution in [3.63, 3.8) is 0 Å². The maximum atomic E-state index is 13.9. The molecule has 1 aliphatic rings. The van der Waals surface area contributed by atoms with Crippen LogP contribution in [0.25, 0.3) is 0 Å². The van der Waals surface area contributed by atoms with E-state index >= 15 is 0 Å². The summed E-state index contributed by atoms with van der Waals surface area (Å²) in [6, 6.07) is -13.6. The summed E-state index contributed by atoms with van der Waals surface area (Å²) in [5.41, 5.74) is 11.2. The molecule has 1 aliphatic heterocycles. The number of aliphatic hydroxyl groups excluding tert-OH is 1. The van der Waals surface area contributed by atoms with Crippen LogP contribution in [0.1, 0.15) is 91.9 Å². The third-order valence-corrected chi connectivity index (χ3v) is 10.5. The van der Waals surface area contributed by atoms with Crippen molar-refractivity contribution in [1.82, 2.24) is 47.9 Å². The highest BCUT2D eigenvalue weighted by Crippen LogP contribution is 2.13. The highest BCUT2D eigenvalue weighted by Gasteiger charge is 2.38. The molecule has 0 aromatic heterocycles. The summed E-state index contributed by atoms with van der Waals surface area (Å²) < 4.78 is 0. The Balaban J connectivity index is 3.94. The van der Waals surface area contributed by atoms with Crippen LogP contribution in [0, 0.1) is 11.8 Å². The van der Waals surface area contributed by atoms with Crippen molar-refractivity contribution in [2.45, 2.75) is 140 Å². The zero-order valence-electron chi connectivity index (χ0n) is 38.0. The number of nitrogens with two attached hydrogens (primary N) is 2. The average molecular weight is 958 g/mol. The topological polar surface area (TPSA) is 446 Å². The van der Waals surface area contributed by atoms with E-state index in [0.717, 1.165) is 0 Å². The molecule has 67 heavy (non-hydrogen) atoms. The summed E-state index contributed by atoms with van der Waals surface area (Å²) in [4.78, 5) is 158. The van der Waals surface area contributed by atoms with E-state index in [-0.39, 0.29) is 45.2 Å². The number of carboxylic acid groups (broad SMARTS) is 3. The largest absolute Gasteiger partial charge is 0.481 e. The fourth-order valence-corrected chi connectivity index (χ4v) is 6.49. The Morgan fingerprint density at radius 3 is 1.27 bits per heavy atom. The molecule has 0 unspecified atom stereocenters. The molecule has 1 saturated heterocycles. The second kappa shape index (κ2) is 29.9. The molecule has 1 heterocycles. The van der Waals surface area contributed by atoms with Crippen molar-refractivity contribution >= 4 is 71.1 Å². The maximum Gasteiger partial charge on any atom is 0.305 e. The molecule has 27 heteroatoms. The van der Waals surface area contributed by atoms with Gasteiger partial charge in [-0.15, -0.1) is 0 Å². The molecule has 9 amide bonds. The Labute approximate surface area is 386 Å². The second-order valence-electron chi connectivity index (χ2n) is 16.3. The lowest BCUT2D eigenvalue weighted by Gasteiger charge is -2.30. The van der Waals surface area contributed by atoms with Gasteiger partial charge >= 0.3 is 17.9 Å². The molecule has 0 saturated carbocycles. The van der Waals surface area contributed by atoms with Crippen LogP contribution in [0.2, 0.25) is 0 Å². The first-order valence-electron chi connectivity index (χ1n) is 21.9. The number of aliphatic carboxylic acids is 3. The highest BCUT2D eigenvalue weighted by molar-refractivity contribution is 6.00. The number of rotatable bonds is 18. The molecular formula is C40H67N11O16. The van der Waals surface area contributed by atoms with E-state index in [1.165, 1.54) is 20.8 Å². The third-order valence-electron chi connectivity index (χ3n) is 10.5. The van der Waals surface area contributed by atoms with E-state index < -0.39 is 164 Å². The van der Waals surface area contributed by atoms with E-state index in [1.807, 2.05) is 0 Å². The number of hydrogen-bond donors (Lipinski definition) is 15. The van der Waals surface area contributed by atoms with Gasteiger partial charge in [-0.25, -0.2) is 0 Å². The predicted octanol–water partition coefficient (Wildman–Crippen LogP) is -5.63. The van der Waals surface area contributed by atoms with E-state index in [1.54, 1.807) is 6.92 Å².